The lowest BCUT2D eigenvalue weighted by Gasteiger charge is -2.27. The van der Waals surface area contributed by atoms with Crippen molar-refractivity contribution in [1.29, 1.82) is 0 Å². The lowest BCUT2D eigenvalue weighted by molar-refractivity contribution is -0.131. The van der Waals surface area contributed by atoms with Crippen LogP contribution in [-0.4, -0.2) is 22.3 Å². The van der Waals surface area contributed by atoms with E-state index in [-0.39, 0.29) is 5.91 Å². The van der Waals surface area contributed by atoms with Crippen LogP contribution < -0.4 is 0 Å². The van der Waals surface area contributed by atoms with E-state index < -0.39 is 0 Å². The molecule has 0 unspecified atom stereocenters. The molecule has 1 aliphatic heterocycles. The van der Waals surface area contributed by atoms with Gasteiger partial charge in [-0.2, -0.15) is 0 Å². The summed E-state index contributed by atoms with van der Waals surface area (Å²) >= 11 is 7.00. The van der Waals surface area contributed by atoms with Gasteiger partial charge in [0.1, 0.15) is 5.76 Å². The molecule has 0 fully saturated rings. The van der Waals surface area contributed by atoms with Crippen molar-refractivity contribution in [2.75, 3.05) is 6.54 Å². The zero-order valence-electron chi connectivity index (χ0n) is 10.1. The number of aromatic nitrogens is 1. The molecule has 100 valence electrons. The molecule has 4 nitrogen and oxygen atoms in total. The van der Waals surface area contributed by atoms with E-state index in [9.17, 15) is 4.79 Å². The average Bonchev–Trinajstić information content (AvgIpc) is 2.99. The highest BCUT2D eigenvalue weighted by atomic mass is 79.9. The van der Waals surface area contributed by atoms with Crippen molar-refractivity contribution in [3.8, 4) is 0 Å². The smallest absolute Gasteiger partial charge is 0.230 e. The monoisotopic (exact) mass is 386 g/mol. The number of carbonyl (C=O) groups is 1. The molecule has 0 saturated heterocycles. The van der Waals surface area contributed by atoms with Crippen molar-refractivity contribution in [2.45, 2.75) is 19.4 Å². The van der Waals surface area contributed by atoms with E-state index in [2.05, 4.69) is 36.8 Å². The first-order valence-electron chi connectivity index (χ1n) is 6.00. The van der Waals surface area contributed by atoms with Gasteiger partial charge in [0, 0.05) is 30.8 Å². The van der Waals surface area contributed by atoms with Gasteiger partial charge in [0.15, 0.2) is 0 Å². The molecule has 1 aliphatic rings. The normalized spacial score (nSPS) is 14.5. The topological polar surface area (TPSA) is 49.2 Å². The van der Waals surface area contributed by atoms with E-state index >= 15 is 0 Å². The number of nitrogens with zero attached hydrogens (tertiary/aromatic N) is 1. The average molecular weight is 388 g/mol. The van der Waals surface area contributed by atoms with Gasteiger partial charge in [-0.3, -0.25) is 4.79 Å². The number of fused-ring (bicyclic) bond motifs is 1. The van der Waals surface area contributed by atoms with Crippen LogP contribution in [-0.2, 0) is 24.2 Å². The summed E-state index contributed by atoms with van der Waals surface area (Å²) in [5.74, 6) is 0.815. The highest BCUT2D eigenvalue weighted by Crippen LogP contribution is 2.33. The molecule has 2 aromatic heterocycles. The van der Waals surface area contributed by atoms with Crippen molar-refractivity contribution >= 4 is 37.8 Å². The standard InChI is InChI=1S/C13H12Br2N2O2/c14-12-9-7-17(4-3-10(9)16-13(12)15)11(18)6-8-2-1-5-19-8/h1-2,5,16H,3-4,6-7H2. The third-order valence-electron chi connectivity index (χ3n) is 3.32. The third kappa shape index (κ3) is 2.51. The third-order valence-corrected chi connectivity index (χ3v) is 5.32. The van der Waals surface area contributed by atoms with Crippen LogP contribution in [0.2, 0.25) is 0 Å². The summed E-state index contributed by atoms with van der Waals surface area (Å²) in [6.07, 6.45) is 2.77. The Bertz CT molecular complexity index is 604. The van der Waals surface area contributed by atoms with Crippen LogP contribution in [0.4, 0.5) is 0 Å². The Morgan fingerprint density at radius 1 is 1.47 bits per heavy atom. The van der Waals surface area contributed by atoms with Gasteiger partial charge >= 0.3 is 0 Å². The Balaban J connectivity index is 1.74. The Kier molecular flexibility index (Phi) is 3.54. The second-order valence-electron chi connectivity index (χ2n) is 4.53. The van der Waals surface area contributed by atoms with Gasteiger partial charge in [-0.25, -0.2) is 0 Å². The van der Waals surface area contributed by atoms with Crippen LogP contribution >= 0.6 is 31.9 Å². The van der Waals surface area contributed by atoms with Crippen LogP contribution in [0.5, 0.6) is 0 Å². The van der Waals surface area contributed by atoms with Gasteiger partial charge < -0.3 is 14.3 Å². The van der Waals surface area contributed by atoms with Gasteiger partial charge in [0.2, 0.25) is 5.91 Å². The van der Waals surface area contributed by atoms with Crippen molar-refractivity contribution in [2.24, 2.45) is 0 Å². The summed E-state index contributed by atoms with van der Waals surface area (Å²) in [4.78, 5) is 17.4. The molecule has 0 atom stereocenters. The van der Waals surface area contributed by atoms with E-state index in [0.717, 1.165) is 27.6 Å². The summed E-state index contributed by atoms with van der Waals surface area (Å²) in [6, 6.07) is 3.63. The van der Waals surface area contributed by atoms with Crippen molar-refractivity contribution in [3.05, 3.63) is 44.5 Å². The van der Waals surface area contributed by atoms with Gasteiger partial charge in [-0.15, -0.1) is 0 Å². The number of amides is 1. The molecule has 3 heterocycles. The number of hydrogen-bond acceptors (Lipinski definition) is 2. The number of aromatic amines is 1. The first-order valence-corrected chi connectivity index (χ1v) is 7.58. The predicted octanol–water partition coefficient (Wildman–Crippen LogP) is 3.26. The molecule has 0 aliphatic carbocycles. The highest BCUT2D eigenvalue weighted by molar-refractivity contribution is 9.13. The molecule has 6 heteroatoms. The number of carbonyl (C=O) groups excluding carboxylic acids is 1. The summed E-state index contributed by atoms with van der Waals surface area (Å²) in [5.41, 5.74) is 2.35. The Morgan fingerprint density at radius 3 is 3.05 bits per heavy atom. The number of H-pyrrole nitrogens is 1. The van der Waals surface area contributed by atoms with Crippen LogP contribution in [0, 0.1) is 0 Å². The fourth-order valence-electron chi connectivity index (χ4n) is 2.31. The zero-order chi connectivity index (χ0) is 13.4. The molecule has 0 spiro atoms. The van der Waals surface area contributed by atoms with Gasteiger partial charge in [0.05, 0.1) is 21.8 Å². The second-order valence-corrected chi connectivity index (χ2v) is 6.12. The van der Waals surface area contributed by atoms with E-state index in [0.29, 0.717) is 18.7 Å². The first-order chi connectivity index (χ1) is 9.15. The molecule has 0 radical (unpaired) electrons. The predicted molar refractivity (Wildman–Crippen MR) is 77.7 cm³/mol. The maximum Gasteiger partial charge on any atom is 0.230 e. The second kappa shape index (κ2) is 5.17. The first kappa shape index (κ1) is 13.0. The molecular weight excluding hydrogens is 376 g/mol. The quantitative estimate of drug-likeness (QED) is 0.859. The van der Waals surface area contributed by atoms with E-state index in [1.807, 2.05) is 11.0 Å². The largest absolute Gasteiger partial charge is 0.469 e. The number of furan rings is 1. The van der Waals surface area contributed by atoms with Crippen molar-refractivity contribution < 1.29 is 9.21 Å². The highest BCUT2D eigenvalue weighted by Gasteiger charge is 2.25. The molecule has 0 aromatic carbocycles. The van der Waals surface area contributed by atoms with Gasteiger partial charge in [0.25, 0.3) is 0 Å². The lowest BCUT2D eigenvalue weighted by Crippen LogP contribution is -2.36. The maximum absolute atomic E-state index is 12.2. The molecule has 1 N–H and O–H groups in total. The SMILES string of the molecule is O=C(Cc1ccco1)N1CCc2[nH]c(Br)c(Br)c2C1. The molecule has 0 bridgehead atoms. The lowest BCUT2D eigenvalue weighted by atomic mass is 10.1. The van der Waals surface area contributed by atoms with Gasteiger partial charge in [-0.1, -0.05) is 0 Å². The minimum absolute atomic E-state index is 0.102. The van der Waals surface area contributed by atoms with E-state index in [4.69, 9.17) is 4.42 Å². The summed E-state index contributed by atoms with van der Waals surface area (Å²) in [6.45, 7) is 1.38. The Hall–Kier alpha value is -1.01. The maximum atomic E-state index is 12.2. The summed E-state index contributed by atoms with van der Waals surface area (Å²) in [7, 11) is 0. The minimum Gasteiger partial charge on any atom is -0.469 e. The van der Waals surface area contributed by atoms with E-state index in [1.54, 1.807) is 12.3 Å². The molecule has 19 heavy (non-hydrogen) atoms. The molecule has 3 rings (SSSR count). The molecular formula is C13H12Br2N2O2. The fraction of sp³-hybridized carbons (Fsp3) is 0.308. The fourth-order valence-corrected chi connectivity index (χ4v) is 3.25. The Morgan fingerprint density at radius 2 is 2.32 bits per heavy atom. The van der Waals surface area contributed by atoms with Crippen LogP contribution in [0.25, 0.3) is 0 Å². The Labute approximate surface area is 127 Å². The van der Waals surface area contributed by atoms with Gasteiger partial charge in [-0.05, 0) is 44.0 Å². The van der Waals surface area contributed by atoms with Crippen molar-refractivity contribution in [1.82, 2.24) is 9.88 Å². The number of hydrogen-bond donors (Lipinski definition) is 1. The molecule has 1 amide bonds. The zero-order valence-corrected chi connectivity index (χ0v) is 13.3. The molecule has 2 aromatic rings. The summed E-state index contributed by atoms with van der Waals surface area (Å²) < 4.78 is 7.18. The number of rotatable bonds is 2. The van der Waals surface area contributed by atoms with E-state index in [1.165, 1.54) is 5.69 Å². The van der Waals surface area contributed by atoms with Crippen LogP contribution in [0.1, 0.15) is 17.0 Å². The van der Waals surface area contributed by atoms with Crippen molar-refractivity contribution in [3.63, 3.8) is 0 Å². The summed E-state index contributed by atoms with van der Waals surface area (Å²) in [5, 5.41) is 0. The number of nitrogens with one attached hydrogen (secondary N) is 1. The van der Waals surface area contributed by atoms with Crippen LogP contribution in [0.15, 0.2) is 31.9 Å². The number of halogens is 2. The minimum atomic E-state index is 0.102. The van der Waals surface area contributed by atoms with Crippen LogP contribution in [0.3, 0.4) is 0 Å². The molecule has 0 saturated carbocycles.